The summed E-state index contributed by atoms with van der Waals surface area (Å²) in [6.45, 7) is 11.0. The van der Waals surface area contributed by atoms with E-state index in [9.17, 15) is 9.59 Å². The molecule has 4 atom stereocenters. The van der Waals surface area contributed by atoms with Gasteiger partial charge < -0.3 is 24.2 Å². The molecule has 0 radical (unpaired) electrons. The Kier molecular flexibility index (Phi) is 6.02. The fourth-order valence-electron chi connectivity index (χ4n) is 5.84. The van der Waals surface area contributed by atoms with Crippen LogP contribution in [0.2, 0.25) is 0 Å². The fraction of sp³-hybridized carbons (Fsp3) is 0.517. The number of hydrogen-bond donors (Lipinski definition) is 1. The van der Waals surface area contributed by atoms with Crippen LogP contribution >= 0.6 is 0 Å². The van der Waals surface area contributed by atoms with Gasteiger partial charge in [0.25, 0.3) is 5.91 Å². The maximum Gasteiger partial charge on any atom is 0.341 e. The van der Waals surface area contributed by atoms with E-state index in [2.05, 4.69) is 52.8 Å². The number of ether oxygens (including phenoxy) is 3. The smallest absolute Gasteiger partial charge is 0.341 e. The highest BCUT2D eigenvalue weighted by Crippen LogP contribution is 2.53. The Hall–Kier alpha value is -3.06. The Morgan fingerprint density at radius 3 is 2.67 bits per heavy atom. The number of nitrogens with zero attached hydrogens (tertiary/aromatic N) is 1. The summed E-state index contributed by atoms with van der Waals surface area (Å²) in [6.07, 6.45) is 1.46. The van der Waals surface area contributed by atoms with E-state index >= 15 is 0 Å². The van der Waals surface area contributed by atoms with Crippen molar-refractivity contribution in [3.05, 3.63) is 59.2 Å². The van der Waals surface area contributed by atoms with Gasteiger partial charge in [0.15, 0.2) is 6.61 Å². The first-order valence-corrected chi connectivity index (χ1v) is 12.7. The van der Waals surface area contributed by atoms with Crippen LogP contribution in [-0.2, 0) is 14.9 Å². The van der Waals surface area contributed by atoms with Crippen molar-refractivity contribution >= 4 is 11.9 Å². The first-order chi connectivity index (χ1) is 16.9. The third-order valence-electron chi connectivity index (χ3n) is 7.82. The van der Waals surface area contributed by atoms with Gasteiger partial charge in [-0.05, 0) is 68.0 Å². The monoisotopic (exact) mass is 493 g/mol. The molecule has 7 heteroatoms. The summed E-state index contributed by atoms with van der Waals surface area (Å²) in [7, 11) is 0. The van der Waals surface area contributed by atoms with Gasteiger partial charge in [0.05, 0.1) is 18.2 Å². The molecule has 2 aromatic carbocycles. The molecule has 0 saturated carbocycles. The van der Waals surface area contributed by atoms with E-state index in [4.69, 9.17) is 19.3 Å². The molecule has 2 aromatic rings. The van der Waals surface area contributed by atoms with Gasteiger partial charge in [-0.1, -0.05) is 32.9 Å². The highest BCUT2D eigenvalue weighted by molar-refractivity contribution is 5.95. The van der Waals surface area contributed by atoms with Crippen molar-refractivity contribution in [2.24, 2.45) is 5.92 Å². The number of fused-ring (bicyclic) bond motifs is 4. The Bertz CT molecular complexity index is 1180. The van der Waals surface area contributed by atoms with Crippen LogP contribution in [0.4, 0.5) is 0 Å². The summed E-state index contributed by atoms with van der Waals surface area (Å²) in [5, 5.41) is 8.88. The lowest BCUT2D eigenvalue weighted by atomic mass is 9.73. The van der Waals surface area contributed by atoms with Crippen LogP contribution < -0.4 is 9.47 Å². The number of likely N-dealkylation sites (tertiary alicyclic amines) is 1. The Labute approximate surface area is 212 Å². The van der Waals surface area contributed by atoms with Crippen LogP contribution in [0.15, 0.2) is 42.5 Å². The molecule has 7 nitrogen and oxygen atoms in total. The third-order valence-corrected chi connectivity index (χ3v) is 7.82. The van der Waals surface area contributed by atoms with Crippen molar-refractivity contribution in [2.45, 2.75) is 76.7 Å². The molecule has 1 amide bonds. The van der Waals surface area contributed by atoms with Gasteiger partial charge in [-0.15, -0.1) is 0 Å². The molecule has 0 bridgehead atoms. The van der Waals surface area contributed by atoms with Crippen LogP contribution in [-0.4, -0.2) is 52.8 Å². The molecular weight excluding hydrogens is 458 g/mol. The largest absolute Gasteiger partial charge is 0.487 e. The number of carbonyl (C=O) groups is 2. The average molecular weight is 494 g/mol. The molecule has 0 spiro atoms. The van der Waals surface area contributed by atoms with Crippen LogP contribution in [0.3, 0.4) is 0 Å². The first kappa shape index (κ1) is 24.6. The van der Waals surface area contributed by atoms with Crippen molar-refractivity contribution < 1.29 is 28.9 Å². The van der Waals surface area contributed by atoms with Gasteiger partial charge in [-0.25, -0.2) is 4.79 Å². The zero-order chi connectivity index (χ0) is 25.8. The number of carboxylic acids is 1. The van der Waals surface area contributed by atoms with E-state index in [1.807, 2.05) is 4.90 Å². The molecule has 3 aliphatic heterocycles. The van der Waals surface area contributed by atoms with Crippen molar-refractivity contribution in [3.8, 4) is 11.5 Å². The van der Waals surface area contributed by atoms with Gasteiger partial charge in [0.1, 0.15) is 17.1 Å². The molecule has 36 heavy (non-hydrogen) atoms. The van der Waals surface area contributed by atoms with Gasteiger partial charge in [-0.2, -0.15) is 0 Å². The molecule has 0 aromatic heterocycles. The summed E-state index contributed by atoms with van der Waals surface area (Å²) in [4.78, 5) is 26.3. The lowest BCUT2D eigenvalue weighted by Gasteiger charge is -2.51. The minimum Gasteiger partial charge on any atom is -0.487 e. The second-order valence-corrected chi connectivity index (χ2v) is 11.7. The summed E-state index contributed by atoms with van der Waals surface area (Å²) in [6, 6.07) is 13.1. The lowest BCUT2D eigenvalue weighted by Crippen LogP contribution is -2.54. The second-order valence-electron chi connectivity index (χ2n) is 11.7. The molecule has 192 valence electrons. The molecule has 0 unspecified atom stereocenters. The molecule has 2 saturated heterocycles. The molecular formula is C29H35NO6. The maximum absolute atomic E-state index is 13.5. The second kappa shape index (κ2) is 8.80. The van der Waals surface area contributed by atoms with E-state index in [1.165, 1.54) is 5.56 Å². The van der Waals surface area contributed by atoms with Gasteiger partial charge in [0, 0.05) is 23.6 Å². The summed E-state index contributed by atoms with van der Waals surface area (Å²) >= 11 is 0. The van der Waals surface area contributed by atoms with E-state index in [-0.39, 0.29) is 35.5 Å². The van der Waals surface area contributed by atoms with E-state index < -0.39 is 18.2 Å². The predicted octanol–water partition coefficient (Wildman–Crippen LogP) is 4.98. The number of benzene rings is 2. The van der Waals surface area contributed by atoms with E-state index in [1.54, 1.807) is 24.3 Å². The number of carbonyl (C=O) groups excluding carboxylic acids is 1. The van der Waals surface area contributed by atoms with Crippen molar-refractivity contribution in [1.29, 1.82) is 0 Å². The van der Waals surface area contributed by atoms with Gasteiger partial charge >= 0.3 is 5.97 Å². The SMILES string of the molecule is CC(C)(C)c1ccc2c(c1)[C@@H]1O[C@@H]3CCN(C(=O)c4cccc(OCC(=O)O)c4)[C@@H]3C[C@H]1C(C)(C)O2. The first-order valence-electron chi connectivity index (χ1n) is 12.7. The van der Waals surface area contributed by atoms with Crippen LogP contribution in [0.25, 0.3) is 0 Å². The van der Waals surface area contributed by atoms with Gasteiger partial charge in [-0.3, -0.25) is 4.79 Å². The Balaban J connectivity index is 1.40. The Morgan fingerprint density at radius 2 is 1.94 bits per heavy atom. The predicted molar refractivity (Wildman–Crippen MR) is 135 cm³/mol. The van der Waals surface area contributed by atoms with E-state index in [0.717, 1.165) is 24.2 Å². The van der Waals surface area contributed by atoms with Crippen LogP contribution in [0.1, 0.15) is 75.0 Å². The highest BCUT2D eigenvalue weighted by Gasteiger charge is 2.54. The third kappa shape index (κ3) is 4.45. The van der Waals surface area contributed by atoms with E-state index in [0.29, 0.717) is 17.9 Å². The zero-order valence-corrected chi connectivity index (χ0v) is 21.6. The maximum atomic E-state index is 13.5. The molecule has 0 aliphatic carbocycles. The molecule has 2 fully saturated rings. The Morgan fingerprint density at radius 1 is 1.17 bits per heavy atom. The highest BCUT2D eigenvalue weighted by atomic mass is 16.5. The quantitative estimate of drug-likeness (QED) is 0.647. The van der Waals surface area contributed by atoms with Crippen molar-refractivity contribution in [2.75, 3.05) is 13.2 Å². The minimum atomic E-state index is -1.06. The fourth-order valence-corrected chi connectivity index (χ4v) is 5.84. The summed E-state index contributed by atoms with van der Waals surface area (Å²) in [5.74, 6) is 0.204. The number of carboxylic acid groups (broad SMARTS) is 1. The van der Waals surface area contributed by atoms with Crippen LogP contribution in [0.5, 0.6) is 11.5 Å². The van der Waals surface area contributed by atoms with Crippen molar-refractivity contribution in [3.63, 3.8) is 0 Å². The van der Waals surface area contributed by atoms with Gasteiger partial charge in [0.2, 0.25) is 0 Å². The molecule has 1 N–H and O–H groups in total. The molecule has 3 heterocycles. The lowest BCUT2D eigenvalue weighted by molar-refractivity contribution is -0.159. The number of hydrogen-bond acceptors (Lipinski definition) is 5. The molecule has 5 rings (SSSR count). The number of amides is 1. The topological polar surface area (TPSA) is 85.3 Å². The molecule has 3 aliphatic rings. The average Bonchev–Trinajstić information content (AvgIpc) is 3.23. The zero-order valence-electron chi connectivity index (χ0n) is 21.6. The standard InChI is InChI=1S/C29H35NO6/c1-28(2,3)18-9-10-23-20(14-18)26-21(29(4,5)36-23)15-22-24(35-26)11-12-30(22)27(33)17-7-6-8-19(13-17)34-16-25(31)32/h6-10,13-14,21-22,24,26H,11-12,15-16H2,1-5H3,(H,31,32)/t21-,22-,24-,26+/m1/s1. The normalized spacial score (nSPS) is 26.3. The summed E-state index contributed by atoms with van der Waals surface area (Å²) < 4.78 is 18.6. The summed E-state index contributed by atoms with van der Waals surface area (Å²) in [5.41, 5.74) is 2.43. The number of aliphatic carboxylic acids is 1. The van der Waals surface area contributed by atoms with Crippen molar-refractivity contribution in [1.82, 2.24) is 4.90 Å². The minimum absolute atomic E-state index is 0.0218. The van der Waals surface area contributed by atoms with Crippen LogP contribution in [0, 0.1) is 5.92 Å². The number of rotatable bonds is 4.